The quantitative estimate of drug-likeness (QED) is 0.796. The zero-order chi connectivity index (χ0) is 12.2. The molecule has 0 aliphatic carbocycles. The van der Waals surface area contributed by atoms with Gasteiger partial charge in [0.15, 0.2) is 0 Å². The van der Waals surface area contributed by atoms with Crippen LogP contribution in [0.25, 0.3) is 0 Å². The number of ether oxygens (including phenoxy) is 1. The molecule has 0 fully saturated rings. The molecule has 0 saturated carbocycles. The van der Waals surface area contributed by atoms with Crippen molar-refractivity contribution in [3.05, 3.63) is 35.9 Å². The minimum Gasteiger partial charge on any atom is -0.354 e. The molecule has 0 heterocycles. The molecular weight excluding hydrogens is 221 g/mol. The monoisotopic (exact) mass is 231 g/mol. The molecule has 0 N–H and O–H groups in total. The molecule has 1 unspecified atom stereocenters. The van der Waals surface area contributed by atoms with Crippen LogP contribution < -0.4 is 0 Å². The summed E-state index contributed by atoms with van der Waals surface area (Å²) in [4.78, 5) is 10.7. The van der Waals surface area contributed by atoms with Gasteiger partial charge in [-0.1, -0.05) is 30.3 Å². The Morgan fingerprint density at radius 3 is 2.19 bits per heavy atom. The van der Waals surface area contributed by atoms with Gasteiger partial charge in [0.1, 0.15) is 0 Å². The van der Waals surface area contributed by atoms with Crippen LogP contribution in [0.15, 0.2) is 30.3 Å². The fraction of sp³-hybridized carbons (Fsp3) is 0.364. The molecule has 2 nitrogen and oxygen atoms in total. The van der Waals surface area contributed by atoms with E-state index in [1.807, 2.05) is 0 Å². The van der Waals surface area contributed by atoms with E-state index in [2.05, 4.69) is 4.74 Å². The molecule has 1 rings (SSSR count). The van der Waals surface area contributed by atoms with Crippen LogP contribution in [0.2, 0.25) is 0 Å². The third-order valence-electron chi connectivity index (χ3n) is 2.08. The first kappa shape index (κ1) is 12.7. The molecule has 0 aliphatic rings. The molecule has 5 heteroatoms. The van der Waals surface area contributed by atoms with Crippen molar-refractivity contribution in [2.45, 2.75) is 18.7 Å². The minimum absolute atomic E-state index is 0.232. The summed E-state index contributed by atoms with van der Waals surface area (Å²) in [5, 5.41) is 0. The van der Waals surface area contributed by atoms with Crippen LogP contribution >= 0.6 is 0 Å². The molecule has 0 aliphatic heterocycles. The molecule has 0 bridgehead atoms. The maximum absolute atomic E-state index is 12.9. The summed E-state index contributed by atoms with van der Waals surface area (Å²) >= 11 is 0. The molecule has 0 aromatic heterocycles. The van der Waals surface area contributed by atoms with Gasteiger partial charge in [-0.05, 0) is 6.92 Å². The highest BCUT2D eigenvalue weighted by Gasteiger charge is 2.58. The molecule has 1 atom stereocenters. The molecule has 87 valence electrons. The molecule has 0 spiro atoms. The molecule has 0 amide bonds. The SMILES string of the molecule is CCOC([C]=O)(c1ccccc1)C(F)(F)F. The highest BCUT2D eigenvalue weighted by Crippen LogP contribution is 2.40. The first-order chi connectivity index (χ1) is 7.48. The smallest absolute Gasteiger partial charge is 0.354 e. The topological polar surface area (TPSA) is 26.3 Å². The van der Waals surface area contributed by atoms with Gasteiger partial charge in [0, 0.05) is 12.2 Å². The van der Waals surface area contributed by atoms with Gasteiger partial charge in [-0.25, -0.2) is 0 Å². The Morgan fingerprint density at radius 1 is 1.25 bits per heavy atom. The van der Waals surface area contributed by atoms with Gasteiger partial charge in [0.2, 0.25) is 6.29 Å². The Hall–Kier alpha value is -1.36. The lowest BCUT2D eigenvalue weighted by Crippen LogP contribution is -2.46. The number of benzene rings is 1. The summed E-state index contributed by atoms with van der Waals surface area (Å²) < 4.78 is 43.2. The highest BCUT2D eigenvalue weighted by molar-refractivity contribution is 5.68. The lowest BCUT2D eigenvalue weighted by atomic mass is 9.94. The van der Waals surface area contributed by atoms with Crippen molar-refractivity contribution in [3.63, 3.8) is 0 Å². The molecule has 1 aromatic carbocycles. The predicted octanol–water partition coefficient (Wildman–Crippen LogP) is 2.59. The van der Waals surface area contributed by atoms with E-state index in [9.17, 15) is 18.0 Å². The van der Waals surface area contributed by atoms with Crippen LogP contribution in [0.3, 0.4) is 0 Å². The van der Waals surface area contributed by atoms with Crippen LogP contribution in [0.1, 0.15) is 12.5 Å². The van der Waals surface area contributed by atoms with Gasteiger partial charge in [-0.2, -0.15) is 13.2 Å². The molecule has 0 saturated heterocycles. The van der Waals surface area contributed by atoms with Crippen molar-refractivity contribution in [2.75, 3.05) is 6.61 Å². The van der Waals surface area contributed by atoms with Crippen molar-refractivity contribution in [1.82, 2.24) is 0 Å². The summed E-state index contributed by atoms with van der Waals surface area (Å²) in [7, 11) is 0. The van der Waals surface area contributed by atoms with Crippen LogP contribution in [-0.4, -0.2) is 19.1 Å². The second-order valence-corrected chi connectivity index (χ2v) is 3.08. The van der Waals surface area contributed by atoms with E-state index in [1.165, 1.54) is 31.2 Å². The first-order valence-electron chi connectivity index (χ1n) is 4.63. The van der Waals surface area contributed by atoms with Crippen molar-refractivity contribution in [3.8, 4) is 0 Å². The lowest BCUT2D eigenvalue weighted by molar-refractivity contribution is -0.252. The molecule has 1 aromatic rings. The van der Waals surface area contributed by atoms with E-state index in [0.29, 0.717) is 0 Å². The Kier molecular flexibility index (Phi) is 3.70. The summed E-state index contributed by atoms with van der Waals surface area (Å²) in [5.41, 5.74) is -3.25. The Balaban J connectivity index is 3.29. The highest BCUT2D eigenvalue weighted by atomic mass is 19.4. The van der Waals surface area contributed by atoms with E-state index >= 15 is 0 Å². The van der Waals surface area contributed by atoms with E-state index in [-0.39, 0.29) is 12.2 Å². The van der Waals surface area contributed by atoms with Crippen molar-refractivity contribution in [1.29, 1.82) is 0 Å². The molecular formula is C11H10F3O2. The third kappa shape index (κ3) is 2.09. The van der Waals surface area contributed by atoms with Crippen LogP contribution in [-0.2, 0) is 15.1 Å². The first-order valence-corrected chi connectivity index (χ1v) is 4.63. The van der Waals surface area contributed by atoms with E-state index in [1.54, 1.807) is 6.07 Å². The zero-order valence-corrected chi connectivity index (χ0v) is 8.54. The number of alkyl halides is 3. The number of rotatable bonds is 4. The standard InChI is InChI=1S/C11H10F3O2/c1-2-16-10(8-15,11(12,13)14)9-6-4-3-5-7-9/h3-7H,2H2,1H3. The van der Waals surface area contributed by atoms with Crippen LogP contribution in [0, 0.1) is 0 Å². The maximum Gasteiger partial charge on any atom is 0.429 e. The second-order valence-electron chi connectivity index (χ2n) is 3.08. The lowest BCUT2D eigenvalue weighted by Gasteiger charge is -2.29. The number of hydrogen-bond acceptors (Lipinski definition) is 2. The van der Waals surface area contributed by atoms with Gasteiger partial charge >= 0.3 is 6.18 Å². The summed E-state index contributed by atoms with van der Waals surface area (Å²) in [6.07, 6.45) is -3.85. The Bertz CT molecular complexity index is 348. The van der Waals surface area contributed by atoms with Gasteiger partial charge in [-0.15, -0.1) is 0 Å². The average molecular weight is 231 g/mol. The largest absolute Gasteiger partial charge is 0.429 e. The van der Waals surface area contributed by atoms with Gasteiger partial charge in [0.25, 0.3) is 5.60 Å². The van der Waals surface area contributed by atoms with Crippen molar-refractivity contribution in [2.24, 2.45) is 0 Å². The molecule has 1 radical (unpaired) electrons. The van der Waals surface area contributed by atoms with Crippen molar-refractivity contribution < 1.29 is 22.7 Å². The number of halogens is 3. The van der Waals surface area contributed by atoms with Crippen LogP contribution in [0.4, 0.5) is 13.2 Å². The maximum atomic E-state index is 12.9. The van der Waals surface area contributed by atoms with E-state index < -0.39 is 11.8 Å². The average Bonchev–Trinajstić information content (AvgIpc) is 2.25. The van der Waals surface area contributed by atoms with Crippen LogP contribution in [0.5, 0.6) is 0 Å². The van der Waals surface area contributed by atoms with Gasteiger partial charge < -0.3 is 4.74 Å². The van der Waals surface area contributed by atoms with Crippen molar-refractivity contribution >= 4 is 6.29 Å². The van der Waals surface area contributed by atoms with Gasteiger partial charge in [0.05, 0.1) is 0 Å². The van der Waals surface area contributed by atoms with Gasteiger partial charge in [-0.3, -0.25) is 4.79 Å². The van der Waals surface area contributed by atoms with E-state index in [4.69, 9.17) is 0 Å². The molecule has 16 heavy (non-hydrogen) atoms. The van der Waals surface area contributed by atoms with E-state index in [0.717, 1.165) is 6.29 Å². The Morgan fingerprint density at radius 2 is 1.81 bits per heavy atom. The second kappa shape index (κ2) is 4.65. The summed E-state index contributed by atoms with van der Waals surface area (Å²) in [6.45, 7) is 1.16. The normalized spacial score (nSPS) is 15.5. The fourth-order valence-electron chi connectivity index (χ4n) is 1.36. The Labute approximate surface area is 91.0 Å². The minimum atomic E-state index is -4.83. The number of carbonyl (C=O) groups excluding carboxylic acids is 1. The predicted molar refractivity (Wildman–Crippen MR) is 51.5 cm³/mol. The number of hydrogen-bond donors (Lipinski definition) is 0. The summed E-state index contributed by atoms with van der Waals surface area (Å²) in [6, 6.07) is 6.75. The fourth-order valence-corrected chi connectivity index (χ4v) is 1.36. The summed E-state index contributed by atoms with van der Waals surface area (Å²) in [5.74, 6) is 0. The zero-order valence-electron chi connectivity index (χ0n) is 8.54. The third-order valence-corrected chi connectivity index (χ3v) is 2.08.